The van der Waals surface area contributed by atoms with E-state index >= 15 is 0 Å². The van der Waals surface area contributed by atoms with Gasteiger partial charge in [-0.05, 0) is 37.3 Å². The molecule has 2 heterocycles. The van der Waals surface area contributed by atoms with Crippen molar-refractivity contribution in [1.82, 2.24) is 19.5 Å². The number of carbonyl (C=O) groups excluding carboxylic acids is 1. The number of sulfonamides is 1. The zero-order valence-electron chi connectivity index (χ0n) is 15.6. The first-order chi connectivity index (χ1) is 13.4. The number of nitrogens with zero attached hydrogens (tertiary/aromatic N) is 3. The number of hydrogen-bond donors (Lipinski definition) is 1. The smallest absolute Gasteiger partial charge is 0.243 e. The minimum Gasteiger partial charge on any atom is -0.339 e. The van der Waals surface area contributed by atoms with Gasteiger partial charge in [0.1, 0.15) is 5.82 Å². The molecule has 150 valence electrons. The van der Waals surface area contributed by atoms with Crippen molar-refractivity contribution in [1.29, 1.82) is 0 Å². The van der Waals surface area contributed by atoms with E-state index in [1.54, 1.807) is 11.1 Å². The fraction of sp³-hybridized carbons (Fsp3) is 0.368. The van der Waals surface area contributed by atoms with Crippen molar-refractivity contribution in [3.63, 3.8) is 0 Å². The third-order valence-electron chi connectivity index (χ3n) is 4.72. The highest BCUT2D eigenvalue weighted by atomic mass is 32.2. The molecule has 1 fully saturated rings. The molecule has 28 heavy (non-hydrogen) atoms. The van der Waals surface area contributed by atoms with Crippen molar-refractivity contribution in [2.45, 2.75) is 17.9 Å². The second-order valence-corrected chi connectivity index (χ2v) is 8.54. The summed E-state index contributed by atoms with van der Waals surface area (Å²) in [6.07, 6.45) is 1.70. The Kier molecular flexibility index (Phi) is 6.38. The van der Waals surface area contributed by atoms with Crippen LogP contribution in [-0.2, 0) is 14.8 Å². The molecular formula is C19H23FN4O3S. The van der Waals surface area contributed by atoms with Crippen LogP contribution in [0.1, 0.15) is 18.7 Å². The number of nitrogens with one attached hydrogen (secondary N) is 1. The molecule has 2 aromatic rings. The van der Waals surface area contributed by atoms with Crippen molar-refractivity contribution >= 4 is 15.9 Å². The van der Waals surface area contributed by atoms with Gasteiger partial charge in [0.15, 0.2) is 0 Å². The minimum absolute atomic E-state index is 0.0696. The average Bonchev–Trinajstić information content (AvgIpc) is 2.72. The number of halogens is 1. The van der Waals surface area contributed by atoms with Crippen molar-refractivity contribution in [2.75, 3.05) is 32.7 Å². The van der Waals surface area contributed by atoms with Crippen LogP contribution in [0.2, 0.25) is 0 Å². The van der Waals surface area contributed by atoms with E-state index in [1.165, 1.54) is 22.5 Å². The number of hydrogen-bond acceptors (Lipinski definition) is 5. The van der Waals surface area contributed by atoms with Gasteiger partial charge in [0.25, 0.3) is 0 Å². The number of rotatable bonds is 6. The van der Waals surface area contributed by atoms with E-state index in [-0.39, 0.29) is 36.5 Å². The molecular weight excluding hydrogens is 383 g/mol. The zero-order chi connectivity index (χ0) is 20.1. The van der Waals surface area contributed by atoms with E-state index < -0.39 is 15.8 Å². The molecule has 1 aromatic heterocycles. The first kappa shape index (κ1) is 20.4. The maximum Gasteiger partial charge on any atom is 0.243 e. The summed E-state index contributed by atoms with van der Waals surface area (Å²) < 4.78 is 39.9. The van der Waals surface area contributed by atoms with Crippen LogP contribution in [0.5, 0.6) is 0 Å². The highest BCUT2D eigenvalue weighted by Gasteiger charge is 2.30. The van der Waals surface area contributed by atoms with Gasteiger partial charge in [-0.25, -0.2) is 12.8 Å². The molecule has 1 atom stereocenters. The molecule has 9 heteroatoms. The van der Waals surface area contributed by atoms with Crippen LogP contribution < -0.4 is 5.32 Å². The third kappa shape index (κ3) is 4.73. The molecule has 1 aliphatic heterocycles. The van der Waals surface area contributed by atoms with Crippen molar-refractivity contribution in [3.05, 3.63) is 60.2 Å². The summed E-state index contributed by atoms with van der Waals surface area (Å²) in [5, 5.41) is 3.14. The Morgan fingerprint density at radius 3 is 2.57 bits per heavy atom. The van der Waals surface area contributed by atoms with Gasteiger partial charge >= 0.3 is 0 Å². The standard InChI is InChI=1S/C19H23FN4O3S/c1-15(18-7-2-3-8-21-18)22-14-19(25)23-9-11-24(12-10-23)28(26,27)17-6-4-5-16(20)13-17/h2-8,13,15,22H,9-12,14H2,1H3. The second-order valence-electron chi connectivity index (χ2n) is 6.60. The number of amides is 1. The van der Waals surface area contributed by atoms with Crippen LogP contribution in [0.15, 0.2) is 53.6 Å². The summed E-state index contributed by atoms with van der Waals surface area (Å²) in [6.45, 7) is 3.04. The molecule has 1 aliphatic rings. The predicted molar refractivity (Wildman–Crippen MR) is 102 cm³/mol. The van der Waals surface area contributed by atoms with Gasteiger partial charge in [0.05, 0.1) is 17.1 Å². The van der Waals surface area contributed by atoms with Gasteiger partial charge in [-0.2, -0.15) is 4.31 Å². The molecule has 0 spiro atoms. The lowest BCUT2D eigenvalue weighted by molar-refractivity contribution is -0.131. The SMILES string of the molecule is CC(NCC(=O)N1CCN(S(=O)(=O)c2cccc(F)c2)CC1)c1ccccn1. The maximum atomic E-state index is 13.4. The summed E-state index contributed by atoms with van der Waals surface area (Å²) in [5.41, 5.74) is 0.848. The molecule has 1 aromatic carbocycles. The fourth-order valence-electron chi connectivity index (χ4n) is 3.04. The van der Waals surface area contributed by atoms with Gasteiger partial charge in [-0.3, -0.25) is 9.78 Å². The van der Waals surface area contributed by atoms with Gasteiger partial charge in [0.2, 0.25) is 15.9 Å². The first-order valence-electron chi connectivity index (χ1n) is 9.06. The third-order valence-corrected chi connectivity index (χ3v) is 6.61. The Morgan fingerprint density at radius 2 is 1.93 bits per heavy atom. The first-order valence-corrected chi connectivity index (χ1v) is 10.5. The Balaban J connectivity index is 1.52. The maximum absolute atomic E-state index is 13.4. The summed E-state index contributed by atoms with van der Waals surface area (Å²) >= 11 is 0. The molecule has 1 saturated heterocycles. The molecule has 0 radical (unpaired) electrons. The van der Waals surface area contributed by atoms with Crippen molar-refractivity contribution < 1.29 is 17.6 Å². The lowest BCUT2D eigenvalue weighted by Crippen LogP contribution is -2.52. The largest absolute Gasteiger partial charge is 0.339 e. The number of carbonyl (C=O) groups is 1. The normalized spacial score (nSPS) is 16.7. The van der Waals surface area contributed by atoms with E-state index in [1.807, 2.05) is 25.1 Å². The van der Waals surface area contributed by atoms with Crippen molar-refractivity contribution in [3.8, 4) is 0 Å². The van der Waals surface area contributed by atoms with Crippen molar-refractivity contribution in [2.24, 2.45) is 0 Å². The molecule has 3 rings (SSSR count). The number of benzene rings is 1. The second kappa shape index (κ2) is 8.76. The number of pyridine rings is 1. The van der Waals surface area contributed by atoms with Crippen LogP contribution >= 0.6 is 0 Å². The Hall–Kier alpha value is -2.36. The summed E-state index contributed by atoms with van der Waals surface area (Å²) in [7, 11) is -3.76. The van der Waals surface area contributed by atoms with E-state index in [9.17, 15) is 17.6 Å². The predicted octanol–water partition coefficient (Wildman–Crippen LogP) is 1.40. The molecule has 1 N–H and O–H groups in total. The van der Waals surface area contributed by atoms with Crippen LogP contribution in [0.25, 0.3) is 0 Å². The van der Waals surface area contributed by atoms with Crippen LogP contribution in [0, 0.1) is 5.82 Å². The lowest BCUT2D eigenvalue weighted by Gasteiger charge is -2.34. The highest BCUT2D eigenvalue weighted by Crippen LogP contribution is 2.18. The van der Waals surface area contributed by atoms with Gasteiger partial charge in [-0.1, -0.05) is 12.1 Å². The topological polar surface area (TPSA) is 82.6 Å². The van der Waals surface area contributed by atoms with Crippen LogP contribution in [0.3, 0.4) is 0 Å². The molecule has 0 bridgehead atoms. The number of piperazine rings is 1. The molecule has 0 aliphatic carbocycles. The van der Waals surface area contributed by atoms with E-state index in [0.29, 0.717) is 13.1 Å². The quantitative estimate of drug-likeness (QED) is 0.784. The van der Waals surface area contributed by atoms with E-state index in [2.05, 4.69) is 10.3 Å². The Morgan fingerprint density at radius 1 is 1.18 bits per heavy atom. The highest BCUT2D eigenvalue weighted by molar-refractivity contribution is 7.89. The lowest BCUT2D eigenvalue weighted by atomic mass is 10.2. The summed E-state index contributed by atoms with van der Waals surface area (Å²) in [4.78, 5) is 18.2. The zero-order valence-corrected chi connectivity index (χ0v) is 16.4. The van der Waals surface area contributed by atoms with Gasteiger partial charge < -0.3 is 10.2 Å². The fourth-order valence-corrected chi connectivity index (χ4v) is 4.50. The minimum atomic E-state index is -3.76. The van der Waals surface area contributed by atoms with Gasteiger partial charge in [-0.15, -0.1) is 0 Å². The molecule has 0 saturated carbocycles. The van der Waals surface area contributed by atoms with E-state index in [4.69, 9.17) is 0 Å². The summed E-state index contributed by atoms with van der Waals surface area (Å²) in [6, 6.07) is 10.5. The Bertz CT molecular complexity index is 916. The monoisotopic (exact) mass is 406 g/mol. The molecule has 7 nitrogen and oxygen atoms in total. The van der Waals surface area contributed by atoms with E-state index in [0.717, 1.165) is 11.8 Å². The van der Waals surface area contributed by atoms with Crippen LogP contribution in [0.4, 0.5) is 4.39 Å². The van der Waals surface area contributed by atoms with Crippen LogP contribution in [-0.4, -0.2) is 61.2 Å². The average molecular weight is 406 g/mol. The van der Waals surface area contributed by atoms with Gasteiger partial charge in [0, 0.05) is 38.4 Å². The number of aromatic nitrogens is 1. The molecule has 1 unspecified atom stereocenters. The summed E-state index contributed by atoms with van der Waals surface area (Å²) in [5.74, 6) is -0.687. The molecule has 1 amide bonds. The Labute approximate surface area is 164 Å².